The van der Waals surface area contributed by atoms with Crippen LogP contribution in [0.2, 0.25) is 0 Å². The number of nitrogens with zero attached hydrogens (tertiary/aromatic N) is 2. The Kier molecular flexibility index (Phi) is 6.13. The summed E-state index contributed by atoms with van der Waals surface area (Å²) in [7, 11) is 0. The number of rotatable bonds is 4. The molecule has 0 spiro atoms. The molecule has 6 rings (SSSR count). The Morgan fingerprint density at radius 1 is 0.727 bits per heavy atom. The maximum Gasteiger partial charge on any atom is 2.00 e. The molecule has 2 aromatic heterocycles. The number of hydrogen-bond acceptors (Lipinski definition) is 3. The van der Waals surface area contributed by atoms with Gasteiger partial charge in [0.05, 0.1) is 0 Å². The first-order valence-electron chi connectivity index (χ1n) is 10.8. The molecule has 0 saturated carbocycles. The second-order valence-corrected chi connectivity index (χ2v) is 15.3. The zero-order chi connectivity index (χ0) is 22.2. The van der Waals surface area contributed by atoms with E-state index in [-0.39, 0.29) is 21.1 Å². The molecule has 33 heavy (non-hydrogen) atoms. The van der Waals surface area contributed by atoms with Crippen molar-refractivity contribution >= 4 is 31.7 Å². The second kappa shape index (κ2) is 9.67. The van der Waals surface area contributed by atoms with Gasteiger partial charge in [0.25, 0.3) is 0 Å². The first kappa shape index (κ1) is 20.9. The number of ether oxygens (including phenoxy) is 1. The van der Waals surface area contributed by atoms with Crippen molar-refractivity contribution in [1.82, 2.24) is 9.97 Å². The minimum Gasteiger partial charge on any atom is 2.00 e. The Morgan fingerprint density at radius 3 is 2.45 bits per heavy atom. The number of aromatic nitrogens is 2. The molecular formula is C28H17BiN2OPt. The van der Waals surface area contributed by atoms with Gasteiger partial charge in [0.1, 0.15) is 0 Å². The van der Waals surface area contributed by atoms with E-state index in [2.05, 4.69) is 65.6 Å². The van der Waals surface area contributed by atoms with Crippen LogP contribution in [0.4, 0.5) is 0 Å². The largest absolute Gasteiger partial charge is 2.00 e. The van der Waals surface area contributed by atoms with Crippen LogP contribution >= 0.6 is 0 Å². The summed E-state index contributed by atoms with van der Waals surface area (Å²) in [6, 6.07) is 35.7. The van der Waals surface area contributed by atoms with Gasteiger partial charge in [0, 0.05) is 0 Å². The molecule has 5 aromatic rings. The smallest absolute Gasteiger partial charge is 2.00 e. The third-order valence-corrected chi connectivity index (χ3v) is 14.6. The SMILES string of the molecule is [2H]c1ccnc(Oc2[c-]c(-c3[c-][c]4c(cc3)-c3cccc[c]3[Bi]4[c]3ccccn3)ccc2)c1.[Pt+2]. The minimum absolute atomic E-state index is 0. The van der Waals surface area contributed by atoms with E-state index in [9.17, 15) is 0 Å². The van der Waals surface area contributed by atoms with Crippen LogP contribution in [0, 0.1) is 12.1 Å². The molecule has 3 heterocycles. The fraction of sp³-hybridized carbons (Fsp3) is 0. The van der Waals surface area contributed by atoms with Gasteiger partial charge in [-0.15, -0.1) is 0 Å². The molecule has 3 nitrogen and oxygen atoms in total. The van der Waals surface area contributed by atoms with Crippen LogP contribution in [-0.2, 0) is 21.1 Å². The Balaban J connectivity index is 0.00000241. The normalized spacial score (nSPS) is 12.3. The molecule has 0 atom stereocenters. The maximum absolute atomic E-state index is 7.76. The number of hydrogen-bond donors (Lipinski definition) is 0. The monoisotopic (exact) mass is 802 g/mol. The van der Waals surface area contributed by atoms with E-state index in [4.69, 9.17) is 11.1 Å². The summed E-state index contributed by atoms with van der Waals surface area (Å²) in [5.74, 6) is 0.947. The van der Waals surface area contributed by atoms with Crippen LogP contribution < -0.4 is 14.7 Å². The summed E-state index contributed by atoms with van der Waals surface area (Å²) in [5, 5.41) is 0. The van der Waals surface area contributed by atoms with Gasteiger partial charge in [-0.1, -0.05) is 0 Å². The summed E-state index contributed by atoms with van der Waals surface area (Å²) >= 11 is -2.52. The Morgan fingerprint density at radius 2 is 1.58 bits per heavy atom. The van der Waals surface area contributed by atoms with E-state index in [1.54, 1.807) is 18.3 Å². The molecule has 0 saturated heterocycles. The van der Waals surface area contributed by atoms with Crippen LogP contribution in [0.5, 0.6) is 11.6 Å². The molecule has 0 aliphatic carbocycles. The van der Waals surface area contributed by atoms with Crippen LogP contribution in [0.1, 0.15) is 1.37 Å². The van der Waals surface area contributed by atoms with Gasteiger partial charge in [-0.05, 0) is 0 Å². The van der Waals surface area contributed by atoms with Crippen LogP contribution in [0.15, 0.2) is 103 Å². The van der Waals surface area contributed by atoms with E-state index in [0.717, 1.165) is 11.1 Å². The summed E-state index contributed by atoms with van der Waals surface area (Å²) in [6.45, 7) is 0. The average Bonchev–Trinajstić information content (AvgIpc) is 3.18. The summed E-state index contributed by atoms with van der Waals surface area (Å²) in [5.41, 5.74) is 4.51. The van der Waals surface area contributed by atoms with Gasteiger partial charge >= 0.3 is 218 Å². The summed E-state index contributed by atoms with van der Waals surface area (Å²) in [4.78, 5) is 8.93. The molecule has 0 bridgehead atoms. The van der Waals surface area contributed by atoms with E-state index < -0.39 is 21.8 Å². The zero-order valence-electron chi connectivity index (χ0n) is 18.3. The van der Waals surface area contributed by atoms with E-state index in [0.29, 0.717) is 17.7 Å². The van der Waals surface area contributed by atoms with Crippen molar-refractivity contribution in [2.24, 2.45) is 0 Å². The van der Waals surface area contributed by atoms with Crippen LogP contribution in [0.25, 0.3) is 22.3 Å². The molecule has 0 unspecified atom stereocenters. The predicted octanol–water partition coefficient (Wildman–Crippen LogP) is 4.03. The van der Waals surface area contributed by atoms with Gasteiger partial charge in [-0.25, -0.2) is 0 Å². The van der Waals surface area contributed by atoms with Gasteiger partial charge in [0.15, 0.2) is 0 Å². The summed E-state index contributed by atoms with van der Waals surface area (Å²) in [6.07, 6.45) is 3.46. The fourth-order valence-electron chi connectivity index (χ4n) is 3.92. The minimum atomic E-state index is -2.52. The molecular weight excluding hydrogens is 784 g/mol. The van der Waals surface area contributed by atoms with Gasteiger partial charge in [-0.3, -0.25) is 0 Å². The number of fused-ring (bicyclic) bond motifs is 3. The molecule has 3 aromatic carbocycles. The van der Waals surface area contributed by atoms with Crippen molar-refractivity contribution in [3.05, 3.63) is 115 Å². The molecule has 160 valence electrons. The Hall–Kier alpha value is -2.67. The number of benzene rings is 3. The third-order valence-electron chi connectivity index (χ3n) is 5.31. The fourth-order valence-corrected chi connectivity index (χ4v) is 13.5. The third kappa shape index (κ3) is 4.31. The molecule has 1 aliphatic rings. The molecule has 0 amide bonds. The average molecular weight is 803 g/mol. The van der Waals surface area contributed by atoms with Crippen molar-refractivity contribution < 1.29 is 27.2 Å². The molecule has 0 fully saturated rings. The van der Waals surface area contributed by atoms with Crippen LogP contribution in [-0.4, -0.2) is 31.7 Å². The van der Waals surface area contributed by atoms with Crippen molar-refractivity contribution in [2.75, 3.05) is 0 Å². The zero-order valence-corrected chi connectivity index (χ0v) is 23.1. The summed E-state index contributed by atoms with van der Waals surface area (Å²) < 4.78 is 17.6. The number of pyridine rings is 2. The van der Waals surface area contributed by atoms with Crippen molar-refractivity contribution in [3.63, 3.8) is 0 Å². The Labute approximate surface area is 216 Å². The quantitative estimate of drug-likeness (QED) is 0.200. The molecule has 0 N–H and O–H groups in total. The van der Waals surface area contributed by atoms with Gasteiger partial charge in [-0.2, -0.15) is 0 Å². The molecule has 1 aliphatic heterocycles. The standard InChI is InChI=1S/C23H13NO.C5H4N.Bi.Pt/c1-2-7-18(8-3-1)19-12-14-20(15-13-19)21-9-6-10-22(17-21)25-23-11-4-5-16-24-23;1-2-4-6-5-3-1;;/h1-7,9-12,14,16H;1-4H;;/q-2;;;+2/i4D;;;. The molecule has 0 radical (unpaired) electrons. The van der Waals surface area contributed by atoms with Crippen molar-refractivity contribution in [1.29, 1.82) is 0 Å². The first-order valence-corrected chi connectivity index (χ1v) is 15.5. The maximum atomic E-state index is 7.76. The van der Waals surface area contributed by atoms with Gasteiger partial charge < -0.3 is 0 Å². The topological polar surface area (TPSA) is 35.0 Å². The van der Waals surface area contributed by atoms with Gasteiger partial charge in [0.2, 0.25) is 0 Å². The predicted molar refractivity (Wildman–Crippen MR) is 128 cm³/mol. The van der Waals surface area contributed by atoms with E-state index in [1.807, 2.05) is 30.5 Å². The Bertz CT molecular complexity index is 1480. The second-order valence-electron chi connectivity index (χ2n) is 7.30. The molecule has 5 heteroatoms. The van der Waals surface area contributed by atoms with Crippen LogP contribution in [0.3, 0.4) is 0 Å². The first-order chi connectivity index (χ1) is 16.3. The van der Waals surface area contributed by atoms with Crippen molar-refractivity contribution in [3.8, 4) is 33.9 Å². The van der Waals surface area contributed by atoms with E-state index in [1.165, 1.54) is 21.1 Å². The van der Waals surface area contributed by atoms with E-state index >= 15 is 0 Å². The van der Waals surface area contributed by atoms with Crippen molar-refractivity contribution in [2.45, 2.75) is 0 Å².